The molecule has 0 saturated heterocycles. The number of fused-ring (bicyclic) bond motifs is 13. The van der Waals surface area contributed by atoms with Crippen LogP contribution in [0.5, 0.6) is 0 Å². The van der Waals surface area contributed by atoms with Crippen LogP contribution < -0.4 is 16.2 Å². The van der Waals surface area contributed by atoms with Crippen molar-refractivity contribution >= 4 is 106 Å². The van der Waals surface area contributed by atoms with E-state index in [1.807, 2.05) is 6.07 Å². The molecule has 1 aliphatic heterocycles. The van der Waals surface area contributed by atoms with Gasteiger partial charge in [0.15, 0.2) is 7.28 Å². The first kappa shape index (κ1) is 40.6. The zero-order chi connectivity index (χ0) is 46.9. The number of hydrogen-bond donors (Lipinski definition) is 1. The quantitative estimate of drug-likeness (QED) is 0.179. The fraction of sp³-hybridized carbons (Fsp3) is 0.210. The number of furan rings is 2. The second kappa shape index (κ2) is 13.8. The fourth-order valence-electron chi connectivity index (χ4n) is 11.9. The third-order valence-electron chi connectivity index (χ3n) is 16.0. The van der Waals surface area contributed by atoms with Gasteiger partial charge in [0.25, 0.3) is 0 Å². The Kier molecular flexibility index (Phi) is 8.12. The van der Waals surface area contributed by atoms with Crippen LogP contribution in [0.3, 0.4) is 0 Å². The highest BCUT2D eigenvalue weighted by molar-refractivity contribution is 6.73. The molecule has 8 aromatic carbocycles. The van der Waals surface area contributed by atoms with E-state index in [1.165, 1.54) is 27.6 Å². The van der Waals surface area contributed by atoms with E-state index < -0.39 is 0 Å². The molecule has 7 heteroatoms. The number of rotatable bonds is 4. The zero-order valence-corrected chi connectivity index (χ0v) is 40.4. The topological polar surface area (TPSA) is 61.1 Å². The lowest BCUT2D eigenvalue weighted by Gasteiger charge is -2.41. The summed E-state index contributed by atoms with van der Waals surface area (Å²) in [5, 5.41) is 10.8. The molecule has 1 N–H and O–H groups in total. The largest absolute Gasteiger partial charge is 0.456 e. The first-order chi connectivity index (χ1) is 33.2. The first-order valence-electron chi connectivity index (χ1n) is 24.5. The molecule has 0 atom stereocenters. The smallest absolute Gasteiger partial charge is 0.198 e. The van der Waals surface area contributed by atoms with Gasteiger partial charge in [-0.2, -0.15) is 0 Å². The van der Waals surface area contributed by atoms with E-state index in [-0.39, 0.29) is 16.2 Å². The summed E-state index contributed by atoms with van der Waals surface area (Å²) in [5.41, 5.74) is 21.0. The highest BCUT2D eigenvalue weighted by Crippen LogP contribution is 2.50. The number of nitrogens with zero attached hydrogens (tertiary/aromatic N) is 3. The van der Waals surface area contributed by atoms with Crippen LogP contribution in [0.2, 0.25) is 0 Å². The molecular weight excluding hydrogens is 844 g/mol. The van der Waals surface area contributed by atoms with Crippen molar-refractivity contribution < 1.29 is 8.83 Å². The molecule has 0 bridgehead atoms. The molecule has 1 radical (unpaired) electrons. The molecular formula is C62H52BN4O2. The molecule has 14 rings (SSSR count). The molecule has 6 nitrogen and oxygen atoms in total. The van der Waals surface area contributed by atoms with E-state index in [4.69, 9.17) is 13.8 Å². The van der Waals surface area contributed by atoms with E-state index in [1.54, 1.807) is 0 Å². The van der Waals surface area contributed by atoms with E-state index in [9.17, 15) is 0 Å². The summed E-state index contributed by atoms with van der Waals surface area (Å²) in [6.45, 7) is 16.4. The minimum Gasteiger partial charge on any atom is -0.456 e. The molecule has 335 valence electrons. The van der Waals surface area contributed by atoms with Crippen LogP contribution >= 0.6 is 0 Å². The summed E-state index contributed by atoms with van der Waals surface area (Å²) >= 11 is 0. The van der Waals surface area contributed by atoms with Gasteiger partial charge in [-0.25, -0.2) is 4.98 Å². The van der Waals surface area contributed by atoms with Gasteiger partial charge in [-0.15, -0.1) is 0 Å². The lowest BCUT2D eigenvalue weighted by Crippen LogP contribution is -2.37. The van der Waals surface area contributed by atoms with E-state index in [2.05, 4.69) is 211 Å². The number of para-hydroxylation sites is 1. The van der Waals surface area contributed by atoms with E-state index in [0.29, 0.717) is 0 Å². The van der Waals surface area contributed by atoms with Gasteiger partial charge in [-0.05, 0) is 117 Å². The lowest BCUT2D eigenvalue weighted by molar-refractivity contribution is 0.332. The van der Waals surface area contributed by atoms with Crippen molar-refractivity contribution in [1.29, 1.82) is 0 Å². The number of benzene rings is 8. The van der Waals surface area contributed by atoms with Crippen molar-refractivity contribution in [2.75, 3.05) is 5.32 Å². The minimum atomic E-state index is 0.0431. The van der Waals surface area contributed by atoms with Crippen molar-refractivity contribution in [3.05, 3.63) is 156 Å². The number of hydrogen-bond acceptors (Lipinski definition) is 4. The van der Waals surface area contributed by atoms with Crippen molar-refractivity contribution in [3.63, 3.8) is 0 Å². The Bertz CT molecular complexity index is 4170. The van der Waals surface area contributed by atoms with Crippen molar-refractivity contribution in [1.82, 2.24) is 14.1 Å². The summed E-state index contributed by atoms with van der Waals surface area (Å²) in [4.78, 5) is 5.28. The molecule has 4 aromatic heterocycles. The van der Waals surface area contributed by atoms with Gasteiger partial charge in [0.2, 0.25) is 0 Å². The van der Waals surface area contributed by atoms with Crippen LogP contribution in [0.1, 0.15) is 78.0 Å². The highest BCUT2D eigenvalue weighted by atomic mass is 16.3. The average Bonchev–Trinajstić information content (AvgIpc) is 4.07. The van der Waals surface area contributed by atoms with Crippen molar-refractivity contribution in [2.24, 2.45) is 7.05 Å². The van der Waals surface area contributed by atoms with Gasteiger partial charge < -0.3 is 23.3 Å². The first-order valence-corrected chi connectivity index (χ1v) is 24.5. The van der Waals surface area contributed by atoms with Crippen LogP contribution in [0.15, 0.2) is 148 Å². The Balaban J connectivity index is 1.05. The standard InChI is InChI=1S/C62H52BN4O2/c1-60(2,3)35-18-20-36(21-19-35)64-48-32-56-42(43-27-45-46(30-55(43)69-56)62(6,7)25-24-61(45,4)5)26-40(48)38-22-23-39-41-29-54-44(37-16-12-13-17-53(37)68-54)28-50(41)67-51-33-52-49(31-47(51)63-57(38)58(39)67)65-59(66(52)8)34-14-10-9-11-15-34/h9-23,26-33,64H,24-25H2,1-8H3. The summed E-state index contributed by atoms with van der Waals surface area (Å²) in [7, 11) is 4.54. The fourth-order valence-corrected chi connectivity index (χ4v) is 11.9. The molecule has 0 saturated carbocycles. The van der Waals surface area contributed by atoms with Crippen LogP contribution in [0.25, 0.3) is 105 Å². The predicted octanol–water partition coefficient (Wildman–Crippen LogP) is 15.2. The van der Waals surface area contributed by atoms with Crippen LogP contribution in [0, 0.1) is 0 Å². The van der Waals surface area contributed by atoms with Gasteiger partial charge in [-0.1, -0.05) is 127 Å². The third kappa shape index (κ3) is 5.89. The van der Waals surface area contributed by atoms with Crippen molar-refractivity contribution in [2.45, 2.75) is 77.6 Å². The average molecular weight is 896 g/mol. The van der Waals surface area contributed by atoms with Crippen LogP contribution in [0.4, 0.5) is 11.4 Å². The Morgan fingerprint density at radius 3 is 2.06 bits per heavy atom. The van der Waals surface area contributed by atoms with Gasteiger partial charge >= 0.3 is 0 Å². The van der Waals surface area contributed by atoms with Crippen molar-refractivity contribution in [3.8, 4) is 28.2 Å². The monoisotopic (exact) mass is 895 g/mol. The lowest BCUT2D eigenvalue weighted by atomic mass is 9.59. The number of nitrogens with one attached hydrogen (secondary N) is 1. The number of imidazole rings is 1. The Morgan fingerprint density at radius 1 is 0.594 bits per heavy atom. The Morgan fingerprint density at radius 2 is 1.28 bits per heavy atom. The van der Waals surface area contributed by atoms with Gasteiger partial charge in [0.05, 0.1) is 22.2 Å². The molecule has 0 amide bonds. The summed E-state index contributed by atoms with van der Waals surface area (Å²) in [6.07, 6.45) is 2.30. The van der Waals surface area contributed by atoms with Gasteiger partial charge in [0.1, 0.15) is 28.2 Å². The number of aromatic nitrogens is 3. The van der Waals surface area contributed by atoms with Gasteiger partial charge in [0, 0.05) is 73.4 Å². The van der Waals surface area contributed by atoms with E-state index in [0.717, 1.165) is 129 Å². The maximum atomic E-state index is 6.93. The SMILES string of the molecule is Cn1c(-c2ccccc2)nc2cc3c(cc21)-n1c2cc4c(cc2c2ccc(-c5cc6c(cc5Nc5ccc(C(C)(C)C)cc5)oc5cc7c(cc56)C(C)(C)CCC7(C)C)c(c21)[B]3)oc1ccccc14. The highest BCUT2D eigenvalue weighted by Gasteiger charge is 2.38. The molecule has 0 spiro atoms. The zero-order valence-electron chi connectivity index (χ0n) is 40.4. The predicted molar refractivity (Wildman–Crippen MR) is 289 cm³/mol. The molecule has 5 heterocycles. The third-order valence-corrected chi connectivity index (χ3v) is 16.0. The van der Waals surface area contributed by atoms with E-state index >= 15 is 0 Å². The summed E-state index contributed by atoms with van der Waals surface area (Å²) < 4.78 is 18.2. The van der Waals surface area contributed by atoms with Crippen LogP contribution in [-0.2, 0) is 23.3 Å². The number of anilines is 2. The number of aryl methyl sites for hydroxylation is 1. The molecule has 0 fully saturated rings. The normalized spacial score (nSPS) is 15.2. The Labute approximate surface area is 401 Å². The molecule has 2 aliphatic rings. The summed E-state index contributed by atoms with van der Waals surface area (Å²) in [5.74, 6) is 0.945. The maximum absolute atomic E-state index is 6.93. The summed E-state index contributed by atoms with van der Waals surface area (Å²) in [6, 6.07) is 51.1. The van der Waals surface area contributed by atoms with Crippen LogP contribution in [-0.4, -0.2) is 21.4 Å². The second-order valence-corrected chi connectivity index (χ2v) is 22.2. The second-order valence-electron chi connectivity index (χ2n) is 22.2. The Hall–Kier alpha value is -7.51. The maximum Gasteiger partial charge on any atom is 0.198 e. The molecule has 0 unspecified atom stereocenters. The van der Waals surface area contributed by atoms with Gasteiger partial charge in [-0.3, -0.25) is 0 Å². The minimum absolute atomic E-state index is 0.0431. The molecule has 1 aliphatic carbocycles. The molecule has 12 aromatic rings. The molecule has 69 heavy (non-hydrogen) atoms.